The van der Waals surface area contributed by atoms with Gasteiger partial charge in [0.25, 0.3) is 0 Å². The number of aliphatic carboxylic acids is 1. The molecule has 1 aromatic heterocycles. The van der Waals surface area contributed by atoms with Gasteiger partial charge in [-0.05, 0) is 0 Å². The van der Waals surface area contributed by atoms with Crippen LogP contribution in [0.25, 0.3) is 0 Å². The van der Waals surface area contributed by atoms with Crippen molar-refractivity contribution in [1.29, 1.82) is 0 Å². The number of nitrogens with one attached hydrogen (secondary N) is 1. The first kappa shape index (κ1) is 15.3. The van der Waals surface area contributed by atoms with Crippen molar-refractivity contribution in [3.63, 3.8) is 0 Å². The number of hydrogen-bond acceptors (Lipinski definition) is 4. The summed E-state index contributed by atoms with van der Waals surface area (Å²) in [7, 11) is 1.62. The molecule has 0 aromatic carbocycles. The van der Waals surface area contributed by atoms with Crippen molar-refractivity contribution in [2.45, 2.75) is 13.5 Å². The maximum Gasteiger partial charge on any atom is 0.321 e. The highest BCUT2D eigenvalue weighted by Gasteiger charge is 2.37. The minimum atomic E-state index is -0.820. The Kier molecular flexibility index (Phi) is 4.79. The second-order valence-electron chi connectivity index (χ2n) is 5.21. The van der Waals surface area contributed by atoms with E-state index in [1.807, 2.05) is 0 Å². The average Bonchev–Trinajstić information content (AvgIpc) is 2.81. The monoisotopic (exact) mass is 296 g/mol. The lowest BCUT2D eigenvalue weighted by molar-refractivity contribution is -0.144. The van der Waals surface area contributed by atoms with Gasteiger partial charge in [-0.3, -0.25) is 9.48 Å². The molecule has 0 aliphatic carbocycles. The lowest BCUT2D eigenvalue weighted by Crippen LogP contribution is -2.54. The van der Waals surface area contributed by atoms with E-state index in [9.17, 15) is 9.59 Å². The van der Waals surface area contributed by atoms with E-state index in [0.717, 1.165) is 0 Å². The van der Waals surface area contributed by atoms with Gasteiger partial charge in [0, 0.05) is 32.3 Å². The third-order valence-corrected chi connectivity index (χ3v) is 3.70. The molecule has 116 valence electrons. The normalized spacial score (nSPS) is 16.4. The fraction of sp³-hybridized carbons (Fsp3) is 0.615. The van der Waals surface area contributed by atoms with Crippen LogP contribution < -0.4 is 5.32 Å². The van der Waals surface area contributed by atoms with Gasteiger partial charge in [-0.25, -0.2) is 4.79 Å². The van der Waals surface area contributed by atoms with Gasteiger partial charge < -0.3 is 20.1 Å². The molecule has 1 aliphatic rings. The Morgan fingerprint density at radius 3 is 2.90 bits per heavy atom. The number of anilines is 1. The van der Waals surface area contributed by atoms with E-state index < -0.39 is 11.9 Å². The molecule has 2 N–H and O–H groups in total. The van der Waals surface area contributed by atoms with Gasteiger partial charge in [0.15, 0.2) is 0 Å². The zero-order valence-corrected chi connectivity index (χ0v) is 12.2. The van der Waals surface area contributed by atoms with E-state index in [4.69, 9.17) is 9.84 Å². The third-order valence-electron chi connectivity index (χ3n) is 3.70. The maximum atomic E-state index is 12.0. The molecular weight excluding hydrogens is 276 g/mol. The lowest BCUT2D eigenvalue weighted by atomic mass is 9.87. The highest BCUT2D eigenvalue weighted by molar-refractivity contribution is 5.89. The zero-order valence-electron chi connectivity index (χ0n) is 12.2. The SMILES string of the molecule is COCCn1cc(NC(=O)N2CC(C(C)C(=O)O)C2)cn1. The second-order valence-corrected chi connectivity index (χ2v) is 5.21. The number of methoxy groups -OCH3 is 1. The summed E-state index contributed by atoms with van der Waals surface area (Å²) < 4.78 is 6.64. The van der Waals surface area contributed by atoms with Crippen LogP contribution in [-0.4, -0.2) is 58.6 Å². The number of carboxylic acids is 1. The summed E-state index contributed by atoms with van der Waals surface area (Å²) in [4.78, 5) is 24.4. The molecule has 1 unspecified atom stereocenters. The fourth-order valence-electron chi connectivity index (χ4n) is 2.13. The number of hydrogen-bond donors (Lipinski definition) is 2. The Bertz CT molecular complexity index is 510. The predicted molar refractivity (Wildman–Crippen MR) is 75.0 cm³/mol. The smallest absolute Gasteiger partial charge is 0.321 e. The van der Waals surface area contributed by atoms with Crippen LogP contribution in [0, 0.1) is 11.8 Å². The number of rotatable bonds is 6. The summed E-state index contributed by atoms with van der Waals surface area (Å²) >= 11 is 0. The van der Waals surface area contributed by atoms with Crippen molar-refractivity contribution >= 4 is 17.7 Å². The Hall–Kier alpha value is -2.09. The van der Waals surface area contributed by atoms with Crippen LogP contribution in [0.4, 0.5) is 10.5 Å². The molecule has 1 atom stereocenters. The first-order valence-corrected chi connectivity index (χ1v) is 6.81. The number of carbonyl (C=O) groups excluding carboxylic acids is 1. The van der Waals surface area contributed by atoms with Crippen molar-refractivity contribution in [1.82, 2.24) is 14.7 Å². The topological polar surface area (TPSA) is 96.7 Å². The van der Waals surface area contributed by atoms with E-state index in [0.29, 0.717) is 31.9 Å². The van der Waals surface area contributed by atoms with Crippen molar-refractivity contribution in [3.8, 4) is 0 Å². The van der Waals surface area contributed by atoms with Gasteiger partial charge in [0.1, 0.15) is 0 Å². The third kappa shape index (κ3) is 3.72. The van der Waals surface area contributed by atoms with E-state index in [1.165, 1.54) is 0 Å². The summed E-state index contributed by atoms with van der Waals surface area (Å²) in [6, 6.07) is -0.227. The van der Waals surface area contributed by atoms with Crippen molar-refractivity contribution in [2.75, 3.05) is 32.1 Å². The standard InChI is InChI=1S/C13H20N4O4/c1-9(12(18)19)10-6-16(7-10)13(20)15-11-5-14-17(8-11)3-4-21-2/h5,8-10H,3-4,6-7H2,1-2H3,(H,15,20)(H,18,19). The van der Waals surface area contributed by atoms with Crippen LogP contribution in [0.1, 0.15) is 6.92 Å². The number of nitrogens with zero attached hydrogens (tertiary/aromatic N) is 3. The highest BCUT2D eigenvalue weighted by Crippen LogP contribution is 2.24. The Morgan fingerprint density at radius 1 is 1.57 bits per heavy atom. The molecule has 21 heavy (non-hydrogen) atoms. The summed E-state index contributed by atoms with van der Waals surface area (Å²) in [5.41, 5.74) is 0.617. The second kappa shape index (κ2) is 6.57. The predicted octanol–water partition coefficient (Wildman–Crippen LogP) is 0.714. The lowest BCUT2D eigenvalue weighted by Gasteiger charge is -2.40. The van der Waals surface area contributed by atoms with Gasteiger partial charge in [0.05, 0.1) is 31.0 Å². The number of ether oxygens (including phenoxy) is 1. The molecule has 8 heteroatoms. The molecular formula is C13H20N4O4. The van der Waals surface area contributed by atoms with Gasteiger partial charge in [0.2, 0.25) is 0 Å². The molecule has 0 radical (unpaired) electrons. The molecule has 0 bridgehead atoms. The molecule has 2 rings (SSSR count). The van der Waals surface area contributed by atoms with E-state index in [1.54, 1.807) is 36.0 Å². The van der Waals surface area contributed by atoms with Crippen molar-refractivity contribution < 1.29 is 19.4 Å². The molecule has 1 fully saturated rings. The number of urea groups is 1. The summed E-state index contributed by atoms with van der Waals surface area (Å²) in [5, 5.41) is 15.8. The molecule has 2 heterocycles. The minimum Gasteiger partial charge on any atom is -0.481 e. The van der Waals surface area contributed by atoms with Crippen LogP contribution in [0.15, 0.2) is 12.4 Å². The summed E-state index contributed by atoms with van der Waals surface area (Å²) in [5.74, 6) is -1.22. The van der Waals surface area contributed by atoms with Gasteiger partial charge in [-0.1, -0.05) is 6.92 Å². The molecule has 0 saturated carbocycles. The van der Waals surface area contributed by atoms with Crippen molar-refractivity contribution in [2.24, 2.45) is 11.8 Å². The average molecular weight is 296 g/mol. The number of carboxylic acid groups (broad SMARTS) is 1. The largest absolute Gasteiger partial charge is 0.481 e. The molecule has 1 aromatic rings. The van der Waals surface area contributed by atoms with Crippen LogP contribution in [0.3, 0.4) is 0 Å². The van der Waals surface area contributed by atoms with E-state index >= 15 is 0 Å². The van der Waals surface area contributed by atoms with Crippen LogP contribution in [0.2, 0.25) is 0 Å². The number of aromatic nitrogens is 2. The first-order valence-electron chi connectivity index (χ1n) is 6.81. The first-order chi connectivity index (χ1) is 10.0. The number of carbonyl (C=O) groups is 2. The summed E-state index contributed by atoms with van der Waals surface area (Å²) in [6.07, 6.45) is 3.30. The van der Waals surface area contributed by atoms with Crippen LogP contribution in [0.5, 0.6) is 0 Å². The maximum absolute atomic E-state index is 12.0. The molecule has 1 saturated heterocycles. The molecule has 8 nitrogen and oxygen atoms in total. The van der Waals surface area contributed by atoms with Gasteiger partial charge >= 0.3 is 12.0 Å². The number of amides is 2. The van der Waals surface area contributed by atoms with Crippen LogP contribution >= 0.6 is 0 Å². The van der Waals surface area contributed by atoms with E-state index in [2.05, 4.69) is 10.4 Å². The van der Waals surface area contributed by atoms with Gasteiger partial charge in [-0.2, -0.15) is 5.10 Å². The fourth-order valence-corrected chi connectivity index (χ4v) is 2.13. The molecule has 0 spiro atoms. The number of likely N-dealkylation sites (tertiary alicyclic amines) is 1. The minimum absolute atomic E-state index is 0.0256. The Morgan fingerprint density at radius 2 is 2.29 bits per heavy atom. The zero-order chi connectivity index (χ0) is 15.4. The molecule has 2 amide bonds. The van der Waals surface area contributed by atoms with Crippen molar-refractivity contribution in [3.05, 3.63) is 12.4 Å². The Labute approximate surface area is 122 Å². The van der Waals surface area contributed by atoms with E-state index in [-0.39, 0.29) is 11.9 Å². The Balaban J connectivity index is 1.78. The molecule has 1 aliphatic heterocycles. The van der Waals surface area contributed by atoms with Crippen LogP contribution in [-0.2, 0) is 16.1 Å². The quantitative estimate of drug-likeness (QED) is 0.806. The van der Waals surface area contributed by atoms with Gasteiger partial charge in [-0.15, -0.1) is 0 Å². The summed E-state index contributed by atoms with van der Waals surface area (Å²) in [6.45, 7) is 3.78. The highest BCUT2D eigenvalue weighted by atomic mass is 16.5.